The van der Waals surface area contributed by atoms with Crippen molar-refractivity contribution >= 4 is 17.5 Å². The molecule has 0 aliphatic rings. The lowest BCUT2D eigenvalue weighted by molar-refractivity contribution is -0.122. The summed E-state index contributed by atoms with van der Waals surface area (Å²) in [6.45, 7) is 3.00. The predicted octanol–water partition coefficient (Wildman–Crippen LogP) is 1.94. The highest BCUT2D eigenvalue weighted by atomic mass is 35.5. The lowest BCUT2D eigenvalue weighted by Crippen LogP contribution is -2.26. The van der Waals surface area contributed by atoms with Gasteiger partial charge in [0.2, 0.25) is 5.91 Å². The normalized spacial score (nSPS) is 12.2. The van der Waals surface area contributed by atoms with Crippen LogP contribution in [0.2, 0.25) is 5.02 Å². The Morgan fingerprint density at radius 1 is 1.56 bits per heavy atom. The van der Waals surface area contributed by atoms with Gasteiger partial charge in [-0.1, -0.05) is 30.7 Å². The first-order chi connectivity index (χ1) is 7.61. The van der Waals surface area contributed by atoms with Crippen molar-refractivity contribution in [1.29, 1.82) is 0 Å². The number of hydrogen-bond acceptors (Lipinski definition) is 2. The van der Waals surface area contributed by atoms with Crippen molar-refractivity contribution in [2.24, 2.45) is 11.7 Å². The highest BCUT2D eigenvalue weighted by Gasteiger charge is 2.06. The number of carbonyl (C=O) groups excluding carboxylic acids is 1. The summed E-state index contributed by atoms with van der Waals surface area (Å²) in [6, 6.07) is 7.45. The van der Waals surface area contributed by atoms with Gasteiger partial charge in [-0.3, -0.25) is 4.79 Å². The van der Waals surface area contributed by atoms with Crippen LogP contribution in [-0.4, -0.2) is 12.5 Å². The molecular formula is C12H17ClN2O. The molecule has 1 aromatic carbocycles. The Balaban J connectivity index is 2.37. The second-order valence-electron chi connectivity index (χ2n) is 3.95. The summed E-state index contributed by atoms with van der Waals surface area (Å²) in [6.07, 6.45) is 0.469. The second kappa shape index (κ2) is 6.51. The average molecular weight is 241 g/mol. The van der Waals surface area contributed by atoms with E-state index in [-0.39, 0.29) is 11.8 Å². The van der Waals surface area contributed by atoms with Crippen LogP contribution in [0.15, 0.2) is 24.3 Å². The zero-order chi connectivity index (χ0) is 12.0. The third-order valence-corrected chi connectivity index (χ3v) is 2.55. The number of benzene rings is 1. The maximum absolute atomic E-state index is 11.5. The van der Waals surface area contributed by atoms with Crippen molar-refractivity contribution in [2.45, 2.75) is 19.9 Å². The van der Waals surface area contributed by atoms with Crippen molar-refractivity contribution in [2.75, 3.05) is 6.54 Å². The summed E-state index contributed by atoms with van der Waals surface area (Å²) in [7, 11) is 0. The van der Waals surface area contributed by atoms with Gasteiger partial charge in [-0.15, -0.1) is 0 Å². The molecule has 16 heavy (non-hydrogen) atoms. The standard InChI is InChI=1S/C12H17ClN2O/c1-9(7-14)5-12(16)15-8-10-3-2-4-11(13)6-10/h2-4,6,9H,5,7-8,14H2,1H3,(H,15,16). The molecule has 1 rings (SSSR count). The van der Waals surface area contributed by atoms with Gasteiger partial charge in [-0.2, -0.15) is 0 Å². The summed E-state index contributed by atoms with van der Waals surface area (Å²) in [5.41, 5.74) is 6.45. The zero-order valence-electron chi connectivity index (χ0n) is 9.37. The minimum absolute atomic E-state index is 0.0259. The monoisotopic (exact) mass is 240 g/mol. The molecule has 0 saturated heterocycles. The van der Waals surface area contributed by atoms with Crippen LogP contribution in [0.5, 0.6) is 0 Å². The predicted molar refractivity (Wildman–Crippen MR) is 66.1 cm³/mol. The van der Waals surface area contributed by atoms with Crippen molar-refractivity contribution in [3.05, 3.63) is 34.9 Å². The largest absolute Gasteiger partial charge is 0.352 e. The SMILES string of the molecule is CC(CN)CC(=O)NCc1cccc(Cl)c1. The van der Waals surface area contributed by atoms with E-state index in [1.807, 2.05) is 31.2 Å². The molecule has 1 aromatic rings. The number of carbonyl (C=O) groups is 1. The van der Waals surface area contributed by atoms with Crippen molar-refractivity contribution in [1.82, 2.24) is 5.32 Å². The molecule has 0 radical (unpaired) electrons. The summed E-state index contributed by atoms with van der Waals surface area (Å²) < 4.78 is 0. The van der Waals surface area contributed by atoms with Crippen LogP contribution in [-0.2, 0) is 11.3 Å². The minimum atomic E-state index is 0.0259. The summed E-state index contributed by atoms with van der Waals surface area (Å²) >= 11 is 5.84. The number of nitrogens with two attached hydrogens (primary N) is 1. The number of nitrogens with one attached hydrogen (secondary N) is 1. The van der Waals surface area contributed by atoms with Gasteiger partial charge < -0.3 is 11.1 Å². The molecule has 0 bridgehead atoms. The molecule has 0 aliphatic carbocycles. The maximum atomic E-state index is 11.5. The van der Waals surface area contributed by atoms with E-state index in [1.54, 1.807) is 0 Å². The topological polar surface area (TPSA) is 55.1 Å². The van der Waals surface area contributed by atoms with Crippen molar-refractivity contribution in [3.8, 4) is 0 Å². The van der Waals surface area contributed by atoms with Gasteiger partial charge in [0.25, 0.3) is 0 Å². The van der Waals surface area contributed by atoms with Gasteiger partial charge in [0.15, 0.2) is 0 Å². The van der Waals surface area contributed by atoms with Gasteiger partial charge in [-0.05, 0) is 30.2 Å². The average Bonchev–Trinajstić information content (AvgIpc) is 2.26. The Morgan fingerprint density at radius 2 is 2.31 bits per heavy atom. The molecular weight excluding hydrogens is 224 g/mol. The molecule has 3 N–H and O–H groups in total. The van der Waals surface area contributed by atoms with Gasteiger partial charge in [-0.25, -0.2) is 0 Å². The van der Waals surface area contributed by atoms with E-state index < -0.39 is 0 Å². The van der Waals surface area contributed by atoms with Crippen LogP contribution < -0.4 is 11.1 Å². The second-order valence-corrected chi connectivity index (χ2v) is 4.39. The maximum Gasteiger partial charge on any atom is 0.220 e. The Labute approximate surface area is 101 Å². The zero-order valence-corrected chi connectivity index (χ0v) is 10.1. The van der Waals surface area contributed by atoms with Crippen LogP contribution in [0, 0.1) is 5.92 Å². The Kier molecular flexibility index (Phi) is 5.29. The van der Waals surface area contributed by atoms with E-state index in [0.717, 1.165) is 5.56 Å². The highest BCUT2D eigenvalue weighted by Crippen LogP contribution is 2.10. The van der Waals surface area contributed by atoms with Gasteiger partial charge in [0, 0.05) is 18.0 Å². The molecule has 0 aromatic heterocycles. The third-order valence-electron chi connectivity index (χ3n) is 2.31. The van der Waals surface area contributed by atoms with Gasteiger partial charge in [0.05, 0.1) is 0 Å². The molecule has 88 valence electrons. The first-order valence-electron chi connectivity index (χ1n) is 5.33. The van der Waals surface area contributed by atoms with Crippen LogP contribution in [0.4, 0.5) is 0 Å². The Bertz CT molecular complexity index is 355. The summed E-state index contributed by atoms with van der Waals surface area (Å²) in [5.74, 6) is 0.247. The minimum Gasteiger partial charge on any atom is -0.352 e. The molecule has 1 unspecified atom stereocenters. The fourth-order valence-corrected chi connectivity index (χ4v) is 1.53. The van der Waals surface area contributed by atoms with Crippen LogP contribution >= 0.6 is 11.6 Å². The Hall–Kier alpha value is -1.06. The summed E-state index contributed by atoms with van der Waals surface area (Å²) in [4.78, 5) is 11.5. The van der Waals surface area contributed by atoms with E-state index in [9.17, 15) is 4.79 Å². The number of hydrogen-bond donors (Lipinski definition) is 2. The Morgan fingerprint density at radius 3 is 2.94 bits per heavy atom. The molecule has 0 spiro atoms. The summed E-state index contributed by atoms with van der Waals surface area (Å²) in [5, 5.41) is 3.52. The fourth-order valence-electron chi connectivity index (χ4n) is 1.32. The molecule has 3 nitrogen and oxygen atoms in total. The molecule has 1 amide bonds. The van der Waals surface area contributed by atoms with Crippen LogP contribution in [0.1, 0.15) is 18.9 Å². The lowest BCUT2D eigenvalue weighted by Gasteiger charge is -2.09. The first-order valence-corrected chi connectivity index (χ1v) is 5.71. The third kappa shape index (κ3) is 4.64. The van der Waals surface area contributed by atoms with Gasteiger partial charge in [0.1, 0.15) is 0 Å². The molecule has 0 aliphatic heterocycles. The molecule has 0 heterocycles. The quantitative estimate of drug-likeness (QED) is 0.827. The number of halogens is 1. The molecule has 4 heteroatoms. The number of rotatable bonds is 5. The van der Waals surface area contributed by atoms with Crippen LogP contribution in [0.25, 0.3) is 0 Å². The van der Waals surface area contributed by atoms with Gasteiger partial charge >= 0.3 is 0 Å². The van der Waals surface area contributed by atoms with Crippen molar-refractivity contribution < 1.29 is 4.79 Å². The number of amides is 1. The van der Waals surface area contributed by atoms with E-state index >= 15 is 0 Å². The molecule has 0 fully saturated rings. The van der Waals surface area contributed by atoms with E-state index in [2.05, 4.69) is 5.32 Å². The smallest absolute Gasteiger partial charge is 0.220 e. The molecule has 1 atom stereocenters. The fraction of sp³-hybridized carbons (Fsp3) is 0.417. The lowest BCUT2D eigenvalue weighted by atomic mass is 10.1. The van der Waals surface area contributed by atoms with Crippen LogP contribution in [0.3, 0.4) is 0 Å². The van der Waals surface area contributed by atoms with Crippen molar-refractivity contribution in [3.63, 3.8) is 0 Å². The van der Waals surface area contributed by atoms with E-state index in [1.165, 1.54) is 0 Å². The van der Waals surface area contributed by atoms with E-state index in [0.29, 0.717) is 24.5 Å². The molecule has 0 saturated carbocycles. The highest BCUT2D eigenvalue weighted by molar-refractivity contribution is 6.30. The van der Waals surface area contributed by atoms with E-state index in [4.69, 9.17) is 17.3 Å². The first kappa shape index (κ1) is 13.0.